The average Bonchev–Trinajstić information content (AvgIpc) is 2.85. The second-order valence-electron chi connectivity index (χ2n) is 5.96. The fourth-order valence-corrected chi connectivity index (χ4v) is 4.72. The molecular formula is C18H14Cl2FNO3S. The molecule has 1 amide bonds. The molecule has 1 atom stereocenters. The molecule has 2 aromatic rings. The SMILES string of the molecule is CC1C/C(=C/c2ccc(Cl)c(Cl)c2)C(=O)N1S(=O)(=O)c1ccc(F)cc1. The van der Waals surface area contributed by atoms with Gasteiger partial charge in [-0.15, -0.1) is 0 Å². The van der Waals surface area contributed by atoms with Gasteiger partial charge in [0.25, 0.3) is 15.9 Å². The molecule has 0 aromatic heterocycles. The van der Waals surface area contributed by atoms with E-state index in [1.54, 1.807) is 31.2 Å². The number of nitrogens with zero attached hydrogens (tertiary/aromatic N) is 1. The van der Waals surface area contributed by atoms with Crippen LogP contribution in [0.4, 0.5) is 4.39 Å². The molecule has 26 heavy (non-hydrogen) atoms. The molecule has 3 rings (SSSR count). The van der Waals surface area contributed by atoms with Crippen LogP contribution in [-0.4, -0.2) is 24.7 Å². The number of carbonyl (C=O) groups excluding carboxylic acids is 1. The van der Waals surface area contributed by atoms with Gasteiger partial charge in [-0.2, -0.15) is 0 Å². The molecule has 0 aliphatic carbocycles. The van der Waals surface area contributed by atoms with Gasteiger partial charge < -0.3 is 0 Å². The zero-order valence-electron chi connectivity index (χ0n) is 13.6. The maximum Gasteiger partial charge on any atom is 0.267 e. The van der Waals surface area contributed by atoms with Crippen molar-refractivity contribution in [3.63, 3.8) is 0 Å². The number of sulfonamides is 1. The van der Waals surface area contributed by atoms with E-state index in [0.29, 0.717) is 21.2 Å². The molecule has 0 spiro atoms. The van der Waals surface area contributed by atoms with Crippen LogP contribution in [0.2, 0.25) is 10.0 Å². The summed E-state index contributed by atoms with van der Waals surface area (Å²) in [5.41, 5.74) is 0.998. The normalized spacial score (nSPS) is 19.4. The summed E-state index contributed by atoms with van der Waals surface area (Å²) < 4.78 is 39.5. The summed E-state index contributed by atoms with van der Waals surface area (Å²) in [6.07, 6.45) is 1.86. The summed E-state index contributed by atoms with van der Waals surface area (Å²) >= 11 is 11.9. The minimum absolute atomic E-state index is 0.130. The van der Waals surface area contributed by atoms with Crippen LogP contribution in [0.15, 0.2) is 52.9 Å². The predicted molar refractivity (Wildman–Crippen MR) is 98.9 cm³/mol. The Morgan fingerprint density at radius 3 is 2.38 bits per heavy atom. The van der Waals surface area contributed by atoms with Gasteiger partial charge in [-0.05, 0) is 61.4 Å². The van der Waals surface area contributed by atoms with Crippen LogP contribution in [0.5, 0.6) is 0 Å². The van der Waals surface area contributed by atoms with Crippen LogP contribution >= 0.6 is 23.2 Å². The fraction of sp³-hybridized carbons (Fsp3) is 0.167. The number of carbonyl (C=O) groups is 1. The van der Waals surface area contributed by atoms with Gasteiger partial charge in [0.05, 0.1) is 14.9 Å². The second kappa shape index (κ2) is 7.02. The second-order valence-corrected chi connectivity index (χ2v) is 8.59. The monoisotopic (exact) mass is 413 g/mol. The topological polar surface area (TPSA) is 54.5 Å². The molecule has 0 saturated carbocycles. The molecule has 0 radical (unpaired) electrons. The fourth-order valence-electron chi connectivity index (χ4n) is 2.82. The molecule has 1 fully saturated rings. The molecule has 2 aromatic carbocycles. The predicted octanol–water partition coefficient (Wildman–Crippen LogP) is 4.53. The van der Waals surface area contributed by atoms with Crippen LogP contribution in [0.25, 0.3) is 6.08 Å². The molecule has 8 heteroatoms. The third-order valence-corrected chi connectivity index (χ3v) is 6.70. The smallest absolute Gasteiger partial charge is 0.267 e. The molecule has 4 nitrogen and oxygen atoms in total. The largest absolute Gasteiger partial charge is 0.268 e. The van der Waals surface area contributed by atoms with E-state index < -0.39 is 27.8 Å². The van der Waals surface area contributed by atoms with Crippen LogP contribution < -0.4 is 0 Å². The van der Waals surface area contributed by atoms with Crippen molar-refractivity contribution in [1.82, 2.24) is 4.31 Å². The Kier molecular flexibility index (Phi) is 5.10. The number of benzene rings is 2. The number of halogens is 3. The van der Waals surface area contributed by atoms with Crippen molar-refractivity contribution in [1.29, 1.82) is 0 Å². The van der Waals surface area contributed by atoms with E-state index in [9.17, 15) is 17.6 Å². The highest BCUT2D eigenvalue weighted by Gasteiger charge is 2.41. The van der Waals surface area contributed by atoms with E-state index in [1.807, 2.05) is 0 Å². The van der Waals surface area contributed by atoms with Gasteiger partial charge in [0.1, 0.15) is 5.82 Å². The highest BCUT2D eigenvalue weighted by molar-refractivity contribution is 7.89. The number of amides is 1. The zero-order valence-corrected chi connectivity index (χ0v) is 15.9. The van der Waals surface area contributed by atoms with E-state index in [-0.39, 0.29) is 11.3 Å². The minimum atomic E-state index is -4.06. The van der Waals surface area contributed by atoms with E-state index in [1.165, 1.54) is 0 Å². The van der Waals surface area contributed by atoms with E-state index in [4.69, 9.17) is 23.2 Å². The quantitative estimate of drug-likeness (QED) is 0.694. The molecular weight excluding hydrogens is 400 g/mol. The van der Waals surface area contributed by atoms with Crippen LogP contribution in [0.3, 0.4) is 0 Å². The lowest BCUT2D eigenvalue weighted by Gasteiger charge is -2.20. The molecule has 136 valence electrons. The highest BCUT2D eigenvalue weighted by Crippen LogP contribution is 2.32. The minimum Gasteiger partial charge on any atom is -0.268 e. The van der Waals surface area contributed by atoms with Gasteiger partial charge in [0.15, 0.2) is 0 Å². The van der Waals surface area contributed by atoms with Crippen molar-refractivity contribution in [2.75, 3.05) is 0 Å². The lowest BCUT2D eigenvalue weighted by Crippen LogP contribution is -2.37. The maximum atomic E-state index is 13.1. The van der Waals surface area contributed by atoms with Gasteiger partial charge in [0, 0.05) is 11.6 Å². The molecule has 1 aliphatic rings. The summed E-state index contributed by atoms with van der Waals surface area (Å²) in [7, 11) is -4.06. The molecule has 0 N–H and O–H groups in total. The van der Waals surface area contributed by atoms with Crippen LogP contribution in [0.1, 0.15) is 18.9 Å². The molecule has 0 bridgehead atoms. The lowest BCUT2D eigenvalue weighted by molar-refractivity contribution is -0.121. The van der Waals surface area contributed by atoms with E-state index in [2.05, 4.69) is 0 Å². The standard InChI is InChI=1S/C18H14Cl2FNO3S/c1-11-8-13(9-12-2-7-16(19)17(20)10-12)18(23)22(11)26(24,25)15-5-3-14(21)4-6-15/h2-7,9-11H,8H2,1H3/b13-9-. The van der Waals surface area contributed by atoms with Crippen molar-refractivity contribution in [2.24, 2.45) is 0 Å². The van der Waals surface area contributed by atoms with Crippen LogP contribution in [-0.2, 0) is 14.8 Å². The Balaban J connectivity index is 1.96. The van der Waals surface area contributed by atoms with Crippen LogP contribution in [0, 0.1) is 5.82 Å². The Bertz CT molecular complexity index is 1000. The number of rotatable bonds is 3. The zero-order chi connectivity index (χ0) is 19.1. The first-order valence-electron chi connectivity index (χ1n) is 7.70. The van der Waals surface area contributed by atoms with Crippen molar-refractivity contribution >= 4 is 45.2 Å². The van der Waals surface area contributed by atoms with Gasteiger partial charge in [-0.1, -0.05) is 29.3 Å². The van der Waals surface area contributed by atoms with Gasteiger partial charge in [-0.3, -0.25) is 4.79 Å². The van der Waals surface area contributed by atoms with E-state index in [0.717, 1.165) is 28.6 Å². The molecule has 1 aliphatic heterocycles. The summed E-state index contributed by atoms with van der Waals surface area (Å²) in [5.74, 6) is -1.15. The molecule has 1 unspecified atom stereocenters. The maximum absolute atomic E-state index is 13.1. The third-order valence-electron chi connectivity index (χ3n) is 4.05. The summed E-state index contributed by atoms with van der Waals surface area (Å²) in [6, 6.07) is 8.73. The lowest BCUT2D eigenvalue weighted by atomic mass is 10.1. The number of hydrogen-bond acceptors (Lipinski definition) is 3. The molecule has 1 saturated heterocycles. The first kappa shape index (κ1) is 18.9. The summed E-state index contributed by atoms with van der Waals surface area (Å²) in [6.45, 7) is 1.65. The number of hydrogen-bond donors (Lipinski definition) is 0. The van der Waals surface area contributed by atoms with Crippen molar-refractivity contribution < 1.29 is 17.6 Å². The Hall–Kier alpha value is -1.89. The Morgan fingerprint density at radius 1 is 1.12 bits per heavy atom. The van der Waals surface area contributed by atoms with Gasteiger partial charge in [-0.25, -0.2) is 17.1 Å². The van der Waals surface area contributed by atoms with Crippen molar-refractivity contribution in [2.45, 2.75) is 24.3 Å². The first-order valence-corrected chi connectivity index (χ1v) is 9.89. The van der Waals surface area contributed by atoms with Gasteiger partial charge in [0.2, 0.25) is 0 Å². The van der Waals surface area contributed by atoms with Crippen molar-refractivity contribution in [3.8, 4) is 0 Å². The Morgan fingerprint density at radius 2 is 1.77 bits per heavy atom. The summed E-state index contributed by atoms with van der Waals surface area (Å²) in [5, 5.41) is 0.732. The van der Waals surface area contributed by atoms with E-state index >= 15 is 0 Å². The summed E-state index contributed by atoms with van der Waals surface area (Å²) in [4.78, 5) is 12.6. The van der Waals surface area contributed by atoms with Crippen molar-refractivity contribution in [3.05, 3.63) is 69.5 Å². The average molecular weight is 414 g/mol. The first-order chi connectivity index (χ1) is 12.2. The Labute approximate surface area is 160 Å². The highest BCUT2D eigenvalue weighted by atomic mass is 35.5. The molecule has 1 heterocycles. The van der Waals surface area contributed by atoms with Gasteiger partial charge >= 0.3 is 0 Å². The third kappa shape index (κ3) is 3.49.